The summed E-state index contributed by atoms with van der Waals surface area (Å²) in [5.41, 5.74) is 0. The second-order valence-electron chi connectivity index (χ2n) is 3.94. The van der Waals surface area contributed by atoms with Crippen molar-refractivity contribution >= 4 is 5.82 Å². The summed E-state index contributed by atoms with van der Waals surface area (Å²) in [4.78, 5) is 6.29. The van der Waals surface area contributed by atoms with Gasteiger partial charge >= 0.3 is 0 Å². The zero-order valence-electron chi connectivity index (χ0n) is 8.98. The highest BCUT2D eigenvalue weighted by Crippen LogP contribution is 2.26. The summed E-state index contributed by atoms with van der Waals surface area (Å²) in [6.07, 6.45) is 3.92. The van der Waals surface area contributed by atoms with Crippen LogP contribution in [0.3, 0.4) is 0 Å². The third kappa shape index (κ3) is 2.21. The summed E-state index contributed by atoms with van der Waals surface area (Å²) in [6.45, 7) is 2.09. The number of piperidine rings is 1. The van der Waals surface area contributed by atoms with E-state index in [1.165, 1.54) is 0 Å². The van der Waals surface area contributed by atoms with Gasteiger partial charge in [0.2, 0.25) is 0 Å². The summed E-state index contributed by atoms with van der Waals surface area (Å²) >= 11 is 0. The Hall–Kier alpha value is -1.29. The van der Waals surface area contributed by atoms with Crippen LogP contribution in [-0.4, -0.2) is 36.3 Å². The van der Waals surface area contributed by atoms with E-state index in [4.69, 9.17) is 0 Å². The van der Waals surface area contributed by atoms with Crippen LogP contribution < -0.4 is 10.2 Å². The quantitative estimate of drug-likeness (QED) is 0.759. The third-order valence-electron chi connectivity index (χ3n) is 2.96. The molecule has 0 bridgehead atoms. The summed E-state index contributed by atoms with van der Waals surface area (Å²) in [7, 11) is 2.00. The first-order valence-electron chi connectivity index (χ1n) is 5.36. The Labute approximate surface area is 89.9 Å². The standard InChI is InChI=1S/C11H17N3O/c1-14(9-4-7-12-8-5-9)11-10(15)3-2-6-13-11/h2-3,6,9,12,15H,4-5,7-8H2,1H3. The fraction of sp³-hybridized carbons (Fsp3) is 0.545. The van der Waals surface area contributed by atoms with E-state index < -0.39 is 0 Å². The molecule has 1 aliphatic heterocycles. The monoisotopic (exact) mass is 207 g/mol. The first kappa shape index (κ1) is 10.2. The van der Waals surface area contributed by atoms with Gasteiger partial charge in [0.05, 0.1) is 0 Å². The van der Waals surface area contributed by atoms with Gasteiger partial charge in [0.15, 0.2) is 11.6 Å². The summed E-state index contributed by atoms with van der Waals surface area (Å²) in [5.74, 6) is 0.947. The van der Waals surface area contributed by atoms with Crippen LogP contribution in [0.15, 0.2) is 18.3 Å². The number of aromatic hydroxyl groups is 1. The predicted octanol–water partition coefficient (Wildman–Crippen LogP) is 0.975. The minimum Gasteiger partial charge on any atom is -0.504 e. The van der Waals surface area contributed by atoms with Crippen molar-refractivity contribution in [2.45, 2.75) is 18.9 Å². The normalized spacial score (nSPS) is 17.7. The van der Waals surface area contributed by atoms with Gasteiger partial charge in [-0.2, -0.15) is 0 Å². The molecule has 1 aliphatic rings. The average molecular weight is 207 g/mol. The lowest BCUT2D eigenvalue weighted by Crippen LogP contribution is -2.41. The summed E-state index contributed by atoms with van der Waals surface area (Å²) in [5, 5.41) is 13.0. The van der Waals surface area contributed by atoms with Gasteiger partial charge in [0.1, 0.15) is 0 Å². The first-order chi connectivity index (χ1) is 7.29. The molecule has 4 heteroatoms. The van der Waals surface area contributed by atoms with Gasteiger partial charge in [0, 0.05) is 19.3 Å². The lowest BCUT2D eigenvalue weighted by atomic mass is 10.1. The van der Waals surface area contributed by atoms with Crippen LogP contribution in [0.1, 0.15) is 12.8 Å². The molecule has 0 aliphatic carbocycles. The number of aromatic nitrogens is 1. The van der Waals surface area contributed by atoms with E-state index in [0.717, 1.165) is 25.9 Å². The maximum absolute atomic E-state index is 9.69. The largest absolute Gasteiger partial charge is 0.504 e. The van der Waals surface area contributed by atoms with Crippen molar-refractivity contribution in [3.05, 3.63) is 18.3 Å². The SMILES string of the molecule is CN(c1ncccc1O)C1CCNCC1. The molecule has 15 heavy (non-hydrogen) atoms. The number of nitrogens with one attached hydrogen (secondary N) is 1. The van der Waals surface area contributed by atoms with Gasteiger partial charge in [-0.05, 0) is 38.1 Å². The van der Waals surface area contributed by atoms with Gasteiger partial charge in [-0.3, -0.25) is 0 Å². The van der Waals surface area contributed by atoms with Crippen LogP contribution in [0.2, 0.25) is 0 Å². The van der Waals surface area contributed by atoms with Crippen LogP contribution in [0.4, 0.5) is 5.82 Å². The molecular weight excluding hydrogens is 190 g/mol. The molecule has 4 nitrogen and oxygen atoms in total. The van der Waals surface area contributed by atoms with Crippen molar-refractivity contribution in [3.8, 4) is 5.75 Å². The predicted molar refractivity (Wildman–Crippen MR) is 60.2 cm³/mol. The Balaban J connectivity index is 2.12. The lowest BCUT2D eigenvalue weighted by Gasteiger charge is -2.32. The number of anilines is 1. The third-order valence-corrected chi connectivity index (χ3v) is 2.96. The fourth-order valence-electron chi connectivity index (χ4n) is 2.03. The van der Waals surface area contributed by atoms with Crippen molar-refractivity contribution in [2.24, 2.45) is 0 Å². The molecule has 1 aromatic rings. The second kappa shape index (κ2) is 4.49. The van der Waals surface area contributed by atoms with E-state index in [9.17, 15) is 5.11 Å². The molecule has 1 aromatic heterocycles. The Morgan fingerprint density at radius 3 is 2.87 bits per heavy atom. The minimum atomic E-state index is 0.263. The smallest absolute Gasteiger partial charge is 0.171 e. The van der Waals surface area contributed by atoms with Crippen LogP contribution in [0, 0.1) is 0 Å². The second-order valence-corrected chi connectivity index (χ2v) is 3.94. The molecule has 0 atom stereocenters. The van der Waals surface area contributed by atoms with Gasteiger partial charge in [-0.25, -0.2) is 4.98 Å². The molecule has 2 N–H and O–H groups in total. The zero-order valence-corrected chi connectivity index (χ0v) is 8.98. The highest BCUT2D eigenvalue weighted by molar-refractivity contribution is 5.51. The van der Waals surface area contributed by atoms with E-state index >= 15 is 0 Å². The summed E-state index contributed by atoms with van der Waals surface area (Å²) < 4.78 is 0. The van der Waals surface area contributed by atoms with E-state index in [0.29, 0.717) is 11.9 Å². The van der Waals surface area contributed by atoms with E-state index in [1.807, 2.05) is 7.05 Å². The highest BCUT2D eigenvalue weighted by atomic mass is 16.3. The van der Waals surface area contributed by atoms with Crippen LogP contribution in [0.5, 0.6) is 5.75 Å². The Bertz CT molecular complexity index is 323. The minimum absolute atomic E-state index is 0.263. The Kier molecular flexibility index (Phi) is 3.06. The number of hydrogen-bond donors (Lipinski definition) is 2. The summed E-state index contributed by atoms with van der Waals surface area (Å²) in [6, 6.07) is 3.90. The topological polar surface area (TPSA) is 48.4 Å². The zero-order chi connectivity index (χ0) is 10.7. The molecule has 0 saturated carbocycles. The number of nitrogens with zero attached hydrogens (tertiary/aromatic N) is 2. The van der Waals surface area contributed by atoms with Crippen LogP contribution in [-0.2, 0) is 0 Å². The van der Waals surface area contributed by atoms with Crippen molar-refractivity contribution in [1.29, 1.82) is 0 Å². The van der Waals surface area contributed by atoms with Crippen molar-refractivity contribution < 1.29 is 5.11 Å². The van der Waals surface area contributed by atoms with E-state index in [2.05, 4.69) is 15.2 Å². The van der Waals surface area contributed by atoms with Crippen LogP contribution in [0.25, 0.3) is 0 Å². The molecule has 0 spiro atoms. The molecule has 0 amide bonds. The Morgan fingerprint density at radius 2 is 2.20 bits per heavy atom. The fourth-order valence-corrected chi connectivity index (χ4v) is 2.03. The molecule has 0 radical (unpaired) electrons. The lowest BCUT2D eigenvalue weighted by molar-refractivity contribution is 0.430. The maximum Gasteiger partial charge on any atom is 0.171 e. The first-order valence-corrected chi connectivity index (χ1v) is 5.36. The van der Waals surface area contributed by atoms with Crippen molar-refractivity contribution in [2.75, 3.05) is 25.0 Å². The highest BCUT2D eigenvalue weighted by Gasteiger charge is 2.20. The van der Waals surface area contributed by atoms with E-state index in [1.54, 1.807) is 18.3 Å². The average Bonchev–Trinajstić information content (AvgIpc) is 2.30. The van der Waals surface area contributed by atoms with Crippen molar-refractivity contribution in [1.82, 2.24) is 10.3 Å². The van der Waals surface area contributed by atoms with Gasteiger partial charge < -0.3 is 15.3 Å². The number of rotatable bonds is 2. The molecule has 1 saturated heterocycles. The number of hydrogen-bond acceptors (Lipinski definition) is 4. The molecule has 2 heterocycles. The number of pyridine rings is 1. The van der Waals surface area contributed by atoms with Gasteiger partial charge in [-0.15, -0.1) is 0 Å². The molecule has 0 aromatic carbocycles. The molecular formula is C11H17N3O. The molecule has 82 valence electrons. The van der Waals surface area contributed by atoms with Crippen LogP contribution >= 0.6 is 0 Å². The van der Waals surface area contributed by atoms with Crippen molar-refractivity contribution in [3.63, 3.8) is 0 Å². The molecule has 0 unspecified atom stereocenters. The Morgan fingerprint density at radius 1 is 1.47 bits per heavy atom. The maximum atomic E-state index is 9.69. The molecule has 1 fully saturated rings. The van der Waals surface area contributed by atoms with E-state index in [-0.39, 0.29) is 5.75 Å². The van der Waals surface area contributed by atoms with Gasteiger partial charge in [0.25, 0.3) is 0 Å². The molecule has 2 rings (SSSR count). The van der Waals surface area contributed by atoms with Gasteiger partial charge in [-0.1, -0.05) is 0 Å².